The zero-order valence-corrected chi connectivity index (χ0v) is 20.7. The Morgan fingerprint density at radius 3 is 2.71 bits per heavy atom. The molecule has 0 aliphatic carbocycles. The van der Waals surface area contributed by atoms with E-state index in [1.165, 1.54) is 11.1 Å². The van der Waals surface area contributed by atoms with Crippen molar-refractivity contribution in [2.45, 2.75) is 46.6 Å². The molecule has 1 aliphatic rings. The third-order valence-electron chi connectivity index (χ3n) is 6.40. The SMILES string of the molecule is CCc1c(CN2CC[C@H](C(=O)O)C2)cccc1-c1nnc(-c2ccc(CC(C)C)c(C#N)c2)s1. The molecule has 34 heavy (non-hydrogen) atoms. The van der Waals surface area contributed by atoms with Crippen molar-refractivity contribution in [3.05, 3.63) is 58.7 Å². The fraction of sp³-hybridized carbons (Fsp3) is 0.407. The van der Waals surface area contributed by atoms with Gasteiger partial charge in [-0.25, -0.2) is 0 Å². The molecule has 0 spiro atoms. The quantitative estimate of drug-likeness (QED) is 0.469. The van der Waals surface area contributed by atoms with Gasteiger partial charge in [-0.05, 0) is 54.5 Å². The summed E-state index contributed by atoms with van der Waals surface area (Å²) in [6, 6.07) is 14.6. The molecule has 0 unspecified atom stereocenters. The molecule has 1 fully saturated rings. The number of nitriles is 1. The van der Waals surface area contributed by atoms with Crippen LogP contribution in [0.15, 0.2) is 36.4 Å². The largest absolute Gasteiger partial charge is 0.481 e. The highest BCUT2D eigenvalue weighted by molar-refractivity contribution is 7.17. The summed E-state index contributed by atoms with van der Waals surface area (Å²) in [5.41, 5.74) is 6.21. The van der Waals surface area contributed by atoms with E-state index >= 15 is 0 Å². The van der Waals surface area contributed by atoms with Gasteiger partial charge in [-0.1, -0.05) is 62.4 Å². The highest BCUT2D eigenvalue weighted by atomic mass is 32.1. The Labute approximate surface area is 204 Å². The summed E-state index contributed by atoms with van der Waals surface area (Å²) in [7, 11) is 0. The number of hydrogen-bond donors (Lipinski definition) is 1. The van der Waals surface area contributed by atoms with Crippen LogP contribution in [0, 0.1) is 23.2 Å². The number of benzene rings is 2. The first-order valence-corrected chi connectivity index (χ1v) is 12.6. The van der Waals surface area contributed by atoms with Crippen LogP contribution >= 0.6 is 11.3 Å². The van der Waals surface area contributed by atoms with E-state index in [1.807, 2.05) is 24.3 Å². The molecule has 0 bridgehead atoms. The van der Waals surface area contributed by atoms with E-state index in [4.69, 9.17) is 0 Å². The maximum atomic E-state index is 11.3. The van der Waals surface area contributed by atoms with E-state index in [-0.39, 0.29) is 5.92 Å². The van der Waals surface area contributed by atoms with Crippen LogP contribution in [-0.2, 0) is 24.2 Å². The van der Waals surface area contributed by atoms with E-state index in [0.29, 0.717) is 24.4 Å². The summed E-state index contributed by atoms with van der Waals surface area (Å²) in [6.45, 7) is 8.59. The number of rotatable bonds is 8. The summed E-state index contributed by atoms with van der Waals surface area (Å²) in [4.78, 5) is 13.6. The van der Waals surface area contributed by atoms with Crippen LogP contribution in [0.5, 0.6) is 0 Å². The highest BCUT2D eigenvalue weighted by Gasteiger charge is 2.28. The maximum absolute atomic E-state index is 11.3. The number of carboxylic acids is 1. The molecule has 1 aliphatic heterocycles. The lowest BCUT2D eigenvalue weighted by atomic mass is 9.97. The van der Waals surface area contributed by atoms with Crippen molar-refractivity contribution in [1.82, 2.24) is 15.1 Å². The zero-order valence-electron chi connectivity index (χ0n) is 19.9. The van der Waals surface area contributed by atoms with E-state index in [0.717, 1.165) is 52.6 Å². The molecule has 0 saturated carbocycles. The van der Waals surface area contributed by atoms with Gasteiger partial charge in [-0.15, -0.1) is 10.2 Å². The second-order valence-electron chi connectivity index (χ2n) is 9.35. The maximum Gasteiger partial charge on any atom is 0.307 e. The van der Waals surface area contributed by atoms with Crippen LogP contribution in [0.3, 0.4) is 0 Å². The standard InChI is InChI=1S/C27H30N4O2S/c1-4-23-20(15-31-11-10-21(16-31)27(32)33)6-5-7-24(23)26-30-29-25(34-26)19-9-8-18(12-17(2)3)22(13-19)14-28/h5-9,13,17,21H,4,10-12,15-16H2,1-3H3,(H,32,33)/t21-/m0/s1. The number of carbonyl (C=O) groups is 1. The van der Waals surface area contributed by atoms with Gasteiger partial charge in [0.25, 0.3) is 0 Å². The van der Waals surface area contributed by atoms with Crippen LogP contribution in [0.4, 0.5) is 0 Å². The first kappa shape index (κ1) is 24.1. The number of aromatic nitrogens is 2. The zero-order chi connectivity index (χ0) is 24.2. The number of carboxylic acid groups (broad SMARTS) is 1. The normalized spacial score (nSPS) is 16.1. The number of aliphatic carboxylic acids is 1. The highest BCUT2D eigenvalue weighted by Crippen LogP contribution is 2.35. The second kappa shape index (κ2) is 10.5. The predicted octanol–water partition coefficient (Wildman–Crippen LogP) is 5.41. The molecule has 1 aromatic heterocycles. The molecule has 2 aromatic carbocycles. The smallest absolute Gasteiger partial charge is 0.307 e. The van der Waals surface area contributed by atoms with Gasteiger partial charge in [0.2, 0.25) is 0 Å². The lowest BCUT2D eigenvalue weighted by Gasteiger charge is -2.19. The summed E-state index contributed by atoms with van der Waals surface area (Å²) in [6.07, 6.45) is 2.44. The molecular formula is C27H30N4O2S. The minimum atomic E-state index is -0.704. The van der Waals surface area contributed by atoms with Gasteiger partial charge in [-0.3, -0.25) is 9.69 Å². The van der Waals surface area contributed by atoms with Crippen LogP contribution in [-0.4, -0.2) is 39.3 Å². The van der Waals surface area contributed by atoms with Gasteiger partial charge < -0.3 is 5.11 Å². The van der Waals surface area contributed by atoms with Crippen molar-refractivity contribution in [1.29, 1.82) is 5.26 Å². The summed E-state index contributed by atoms with van der Waals surface area (Å²) in [5, 5.41) is 29.6. The predicted molar refractivity (Wildman–Crippen MR) is 134 cm³/mol. The van der Waals surface area contributed by atoms with Gasteiger partial charge in [0.05, 0.1) is 17.6 Å². The lowest BCUT2D eigenvalue weighted by molar-refractivity contribution is -0.141. The molecule has 6 nitrogen and oxygen atoms in total. The minimum absolute atomic E-state index is 0.274. The second-order valence-corrected chi connectivity index (χ2v) is 10.3. The topological polar surface area (TPSA) is 90.1 Å². The lowest BCUT2D eigenvalue weighted by Crippen LogP contribution is -2.23. The number of likely N-dealkylation sites (tertiary alicyclic amines) is 1. The van der Waals surface area contributed by atoms with Crippen LogP contribution in [0.1, 0.15) is 49.4 Å². The van der Waals surface area contributed by atoms with Gasteiger partial charge in [0.15, 0.2) is 0 Å². The van der Waals surface area contributed by atoms with Crippen molar-refractivity contribution in [2.24, 2.45) is 11.8 Å². The Morgan fingerprint density at radius 1 is 1.24 bits per heavy atom. The average molecular weight is 475 g/mol. The first-order valence-electron chi connectivity index (χ1n) is 11.8. The van der Waals surface area contributed by atoms with Gasteiger partial charge in [-0.2, -0.15) is 5.26 Å². The molecule has 1 atom stereocenters. The van der Waals surface area contributed by atoms with Crippen LogP contribution in [0.2, 0.25) is 0 Å². The summed E-state index contributed by atoms with van der Waals surface area (Å²) in [5.74, 6) is -0.490. The van der Waals surface area contributed by atoms with Crippen molar-refractivity contribution >= 4 is 17.3 Å². The fourth-order valence-corrected chi connectivity index (χ4v) is 5.59. The van der Waals surface area contributed by atoms with Crippen molar-refractivity contribution in [3.8, 4) is 27.2 Å². The Kier molecular flexibility index (Phi) is 7.40. The molecule has 1 saturated heterocycles. The van der Waals surface area contributed by atoms with Crippen molar-refractivity contribution < 1.29 is 9.90 Å². The molecule has 2 heterocycles. The van der Waals surface area contributed by atoms with Gasteiger partial charge in [0.1, 0.15) is 10.0 Å². The van der Waals surface area contributed by atoms with E-state index in [1.54, 1.807) is 11.3 Å². The minimum Gasteiger partial charge on any atom is -0.481 e. The van der Waals surface area contributed by atoms with E-state index < -0.39 is 5.97 Å². The summed E-state index contributed by atoms with van der Waals surface area (Å²) >= 11 is 1.54. The molecular weight excluding hydrogens is 444 g/mol. The molecule has 7 heteroatoms. The van der Waals surface area contributed by atoms with Crippen LogP contribution < -0.4 is 0 Å². The van der Waals surface area contributed by atoms with E-state index in [9.17, 15) is 15.2 Å². The summed E-state index contributed by atoms with van der Waals surface area (Å²) < 4.78 is 0. The number of hydrogen-bond acceptors (Lipinski definition) is 6. The van der Waals surface area contributed by atoms with E-state index in [2.05, 4.69) is 54.1 Å². The third-order valence-corrected chi connectivity index (χ3v) is 7.41. The Balaban J connectivity index is 1.60. The van der Waals surface area contributed by atoms with Gasteiger partial charge in [0, 0.05) is 24.2 Å². The Hall–Kier alpha value is -3.08. The Morgan fingerprint density at radius 2 is 2.03 bits per heavy atom. The molecule has 0 radical (unpaired) electrons. The van der Waals surface area contributed by atoms with Crippen molar-refractivity contribution in [3.63, 3.8) is 0 Å². The van der Waals surface area contributed by atoms with Gasteiger partial charge >= 0.3 is 5.97 Å². The van der Waals surface area contributed by atoms with Crippen LogP contribution in [0.25, 0.3) is 21.1 Å². The number of nitrogens with zero attached hydrogens (tertiary/aromatic N) is 4. The Bertz CT molecular complexity index is 1230. The fourth-order valence-electron chi connectivity index (χ4n) is 4.70. The first-order chi connectivity index (χ1) is 16.4. The monoisotopic (exact) mass is 474 g/mol. The molecule has 0 amide bonds. The average Bonchev–Trinajstić information content (AvgIpc) is 3.49. The molecule has 4 rings (SSSR count). The molecule has 3 aromatic rings. The van der Waals surface area contributed by atoms with Crippen molar-refractivity contribution in [2.75, 3.05) is 13.1 Å². The molecule has 1 N–H and O–H groups in total. The third kappa shape index (κ3) is 5.19. The molecule has 176 valence electrons.